The van der Waals surface area contributed by atoms with E-state index in [1.165, 1.54) is 40.8 Å². The van der Waals surface area contributed by atoms with E-state index in [9.17, 15) is 0 Å². The van der Waals surface area contributed by atoms with Crippen molar-refractivity contribution >= 4 is 0 Å². The topological polar surface area (TPSA) is 15.8 Å². The Hall–Kier alpha value is -1.76. The molecule has 0 aliphatic carbocycles. The van der Waals surface area contributed by atoms with Gasteiger partial charge in [0.05, 0.1) is 0 Å². The van der Waals surface area contributed by atoms with Gasteiger partial charge in [-0.05, 0) is 85.8 Å². The highest BCUT2D eigenvalue weighted by Crippen LogP contribution is 2.23. The molecule has 0 bridgehead atoms. The van der Waals surface area contributed by atoms with Crippen LogP contribution in [0.15, 0.2) is 64.9 Å². The average molecular weight is 340 g/mol. The van der Waals surface area contributed by atoms with E-state index >= 15 is 0 Å². The molecule has 1 unspecified atom stereocenters. The van der Waals surface area contributed by atoms with Gasteiger partial charge < -0.3 is 4.98 Å². The molecule has 1 rings (SSSR count). The van der Waals surface area contributed by atoms with Gasteiger partial charge in [-0.2, -0.15) is 0 Å². The van der Waals surface area contributed by atoms with Crippen LogP contribution in [0.1, 0.15) is 85.3 Å². The number of allylic oxidation sites excluding steroid dienone is 8. The minimum Gasteiger partial charge on any atom is -0.364 e. The molecular formula is C24H37N. The van der Waals surface area contributed by atoms with E-state index in [1.807, 2.05) is 6.20 Å². The summed E-state index contributed by atoms with van der Waals surface area (Å²) >= 11 is 0. The summed E-state index contributed by atoms with van der Waals surface area (Å²) in [6.45, 7) is 13.2. The Bertz CT molecular complexity index is 601. The highest BCUT2D eigenvalue weighted by Gasteiger charge is 2.07. The first-order valence-electron chi connectivity index (χ1n) is 9.61. The van der Waals surface area contributed by atoms with Crippen molar-refractivity contribution in [2.24, 2.45) is 0 Å². The van der Waals surface area contributed by atoms with Gasteiger partial charge in [0.15, 0.2) is 0 Å². The van der Waals surface area contributed by atoms with E-state index in [2.05, 4.69) is 83.0 Å². The number of hydrogen-bond acceptors (Lipinski definition) is 0. The second-order valence-electron chi connectivity index (χ2n) is 7.67. The van der Waals surface area contributed by atoms with Crippen LogP contribution >= 0.6 is 0 Å². The quantitative estimate of drug-likeness (QED) is 0.417. The van der Waals surface area contributed by atoms with Crippen LogP contribution in [0, 0.1) is 0 Å². The number of rotatable bonds is 10. The van der Waals surface area contributed by atoms with Gasteiger partial charge in [0, 0.05) is 17.8 Å². The summed E-state index contributed by atoms with van der Waals surface area (Å²) in [5.41, 5.74) is 7.10. The van der Waals surface area contributed by atoms with E-state index < -0.39 is 0 Å². The Morgan fingerprint density at radius 1 is 0.880 bits per heavy atom. The van der Waals surface area contributed by atoms with E-state index in [0.717, 1.165) is 19.3 Å². The van der Waals surface area contributed by atoms with E-state index in [1.54, 1.807) is 0 Å². The summed E-state index contributed by atoms with van der Waals surface area (Å²) in [5.74, 6) is 0.455. The minimum atomic E-state index is 0.455. The van der Waals surface area contributed by atoms with Crippen LogP contribution < -0.4 is 0 Å². The summed E-state index contributed by atoms with van der Waals surface area (Å²) < 4.78 is 0. The van der Waals surface area contributed by atoms with Crippen molar-refractivity contribution in [2.75, 3.05) is 0 Å². The van der Waals surface area contributed by atoms with Gasteiger partial charge >= 0.3 is 0 Å². The Morgan fingerprint density at radius 2 is 1.52 bits per heavy atom. The molecule has 0 fully saturated rings. The van der Waals surface area contributed by atoms with Crippen molar-refractivity contribution in [1.29, 1.82) is 0 Å². The molecule has 0 radical (unpaired) electrons. The molecule has 1 heterocycles. The molecule has 1 heteroatoms. The molecule has 1 atom stereocenters. The highest BCUT2D eigenvalue weighted by molar-refractivity contribution is 5.20. The standard InChI is InChI=1S/C24H37N/c1-19(2)10-7-11-21(5)12-8-13-22(6)15-16-23(18-20(3)4)24-14-9-17-25-24/h9-10,12,14-15,17-18,23,25H,7-8,11,13,16H2,1-6H3. The fourth-order valence-electron chi connectivity index (χ4n) is 2.93. The molecule has 1 N–H and O–H groups in total. The third-order valence-electron chi connectivity index (χ3n) is 4.40. The second kappa shape index (κ2) is 11.7. The summed E-state index contributed by atoms with van der Waals surface area (Å²) in [5, 5.41) is 0. The predicted molar refractivity (Wildman–Crippen MR) is 113 cm³/mol. The van der Waals surface area contributed by atoms with Gasteiger partial charge in [-0.3, -0.25) is 0 Å². The zero-order valence-corrected chi connectivity index (χ0v) is 17.2. The monoisotopic (exact) mass is 339 g/mol. The molecular weight excluding hydrogens is 302 g/mol. The van der Waals surface area contributed by atoms with Crippen molar-refractivity contribution in [3.8, 4) is 0 Å². The molecule has 1 nitrogen and oxygen atoms in total. The lowest BCUT2D eigenvalue weighted by Gasteiger charge is -2.11. The third-order valence-corrected chi connectivity index (χ3v) is 4.40. The number of nitrogens with one attached hydrogen (secondary N) is 1. The molecule has 0 saturated heterocycles. The first-order valence-corrected chi connectivity index (χ1v) is 9.61. The van der Waals surface area contributed by atoms with Crippen LogP contribution in [-0.4, -0.2) is 4.98 Å². The van der Waals surface area contributed by atoms with E-state index in [0.29, 0.717) is 5.92 Å². The van der Waals surface area contributed by atoms with Crippen LogP contribution in [0.2, 0.25) is 0 Å². The number of hydrogen-bond donors (Lipinski definition) is 1. The molecule has 1 aromatic heterocycles. The Morgan fingerprint density at radius 3 is 2.08 bits per heavy atom. The largest absolute Gasteiger partial charge is 0.364 e. The molecule has 25 heavy (non-hydrogen) atoms. The molecule has 1 aromatic rings. The molecule has 0 saturated carbocycles. The SMILES string of the molecule is CC(C)=CCCC(C)=CCCC(C)=CCC(C=C(C)C)c1ccc[nH]1. The van der Waals surface area contributed by atoms with Gasteiger partial charge in [0.2, 0.25) is 0 Å². The molecule has 0 amide bonds. The number of H-pyrrole nitrogens is 1. The van der Waals surface area contributed by atoms with Gasteiger partial charge in [-0.15, -0.1) is 0 Å². The van der Waals surface area contributed by atoms with E-state index in [-0.39, 0.29) is 0 Å². The van der Waals surface area contributed by atoms with Crippen molar-refractivity contribution < 1.29 is 0 Å². The molecule has 0 aliphatic rings. The maximum absolute atomic E-state index is 3.36. The zero-order valence-electron chi connectivity index (χ0n) is 17.2. The van der Waals surface area contributed by atoms with Gasteiger partial charge in [0.25, 0.3) is 0 Å². The lowest BCUT2D eigenvalue weighted by Crippen LogP contribution is -1.95. The van der Waals surface area contributed by atoms with Crippen LogP contribution in [0.4, 0.5) is 0 Å². The average Bonchev–Trinajstić information content (AvgIpc) is 3.05. The van der Waals surface area contributed by atoms with Gasteiger partial charge in [-0.25, -0.2) is 0 Å². The van der Waals surface area contributed by atoms with Gasteiger partial charge in [-0.1, -0.05) is 46.6 Å². The minimum absolute atomic E-state index is 0.455. The molecule has 138 valence electrons. The van der Waals surface area contributed by atoms with Crippen LogP contribution in [0.3, 0.4) is 0 Å². The maximum atomic E-state index is 3.36. The first-order chi connectivity index (χ1) is 11.9. The van der Waals surface area contributed by atoms with Crippen molar-refractivity contribution in [3.05, 3.63) is 70.6 Å². The van der Waals surface area contributed by atoms with Gasteiger partial charge in [0.1, 0.15) is 0 Å². The van der Waals surface area contributed by atoms with Crippen molar-refractivity contribution in [3.63, 3.8) is 0 Å². The summed E-state index contributed by atoms with van der Waals surface area (Å²) in [6.07, 6.45) is 17.3. The molecule has 0 aromatic carbocycles. The van der Waals surface area contributed by atoms with Crippen LogP contribution in [-0.2, 0) is 0 Å². The van der Waals surface area contributed by atoms with Crippen molar-refractivity contribution in [1.82, 2.24) is 4.98 Å². The first kappa shape index (κ1) is 21.3. The maximum Gasteiger partial charge on any atom is 0.0220 e. The second-order valence-corrected chi connectivity index (χ2v) is 7.67. The lowest BCUT2D eigenvalue weighted by molar-refractivity contribution is 0.811. The number of aromatic amines is 1. The van der Waals surface area contributed by atoms with Crippen LogP contribution in [0.5, 0.6) is 0 Å². The Labute approximate surface area is 155 Å². The predicted octanol–water partition coefficient (Wildman–Crippen LogP) is 7.87. The Balaban J connectivity index is 2.48. The summed E-state index contributed by atoms with van der Waals surface area (Å²) in [6, 6.07) is 4.27. The fraction of sp³-hybridized carbons (Fsp3) is 0.500. The smallest absolute Gasteiger partial charge is 0.0220 e. The fourth-order valence-corrected chi connectivity index (χ4v) is 2.93. The normalized spacial score (nSPS) is 13.5. The summed E-state index contributed by atoms with van der Waals surface area (Å²) in [4.78, 5) is 3.36. The Kier molecular flexibility index (Phi) is 9.99. The third kappa shape index (κ3) is 9.96. The molecule has 0 aliphatic heterocycles. The summed E-state index contributed by atoms with van der Waals surface area (Å²) in [7, 11) is 0. The lowest BCUT2D eigenvalue weighted by atomic mass is 9.96. The highest BCUT2D eigenvalue weighted by atomic mass is 14.7. The number of aromatic nitrogens is 1. The molecule has 0 spiro atoms. The van der Waals surface area contributed by atoms with E-state index in [4.69, 9.17) is 0 Å². The van der Waals surface area contributed by atoms with Crippen molar-refractivity contribution in [2.45, 2.75) is 79.6 Å². The van der Waals surface area contributed by atoms with Crippen LogP contribution in [0.25, 0.3) is 0 Å². The zero-order chi connectivity index (χ0) is 18.7.